The van der Waals surface area contributed by atoms with Crippen LogP contribution < -0.4 is 0 Å². The van der Waals surface area contributed by atoms with Crippen LogP contribution in [0.3, 0.4) is 0 Å². The van der Waals surface area contributed by atoms with E-state index in [0.717, 1.165) is 19.3 Å². The summed E-state index contributed by atoms with van der Waals surface area (Å²) < 4.78 is 1.35. The highest BCUT2D eigenvalue weighted by atomic mass is 32.1. The van der Waals surface area contributed by atoms with Crippen LogP contribution in [-0.4, -0.2) is 0 Å². The molecule has 7 aromatic carbocycles. The molecule has 11 rings (SSSR count). The first-order valence-electron chi connectivity index (χ1n) is 21.8. The van der Waals surface area contributed by atoms with Crippen molar-refractivity contribution in [3.05, 3.63) is 249 Å². The first-order valence-corrected chi connectivity index (χ1v) is 22.6. The van der Waals surface area contributed by atoms with E-state index in [1.165, 1.54) is 104 Å². The molecule has 62 heavy (non-hydrogen) atoms. The van der Waals surface area contributed by atoms with Gasteiger partial charge >= 0.3 is 0 Å². The Morgan fingerprint density at radius 1 is 0.581 bits per heavy atom. The molecule has 1 unspecified atom stereocenters. The lowest BCUT2D eigenvalue weighted by molar-refractivity contribution is 0.811. The molecular weight excluding hydrogens is 765 g/mol. The Balaban J connectivity index is 0.000000278. The highest BCUT2D eigenvalue weighted by Gasteiger charge is 2.53. The highest BCUT2D eigenvalue weighted by Crippen LogP contribution is 2.66. The number of thiophene rings is 1. The van der Waals surface area contributed by atoms with E-state index in [0.29, 0.717) is 0 Å². The minimum Gasteiger partial charge on any atom is -0.138 e. The fourth-order valence-electron chi connectivity index (χ4n) is 9.72. The summed E-state index contributed by atoms with van der Waals surface area (Å²) in [5, 5.41) is 1.35. The van der Waals surface area contributed by atoms with Gasteiger partial charge in [0.15, 0.2) is 0 Å². The van der Waals surface area contributed by atoms with Crippen LogP contribution in [0.2, 0.25) is 0 Å². The fourth-order valence-corrected chi connectivity index (χ4v) is 11.2. The lowest BCUT2D eigenvalue weighted by Crippen LogP contribution is -2.25. The van der Waals surface area contributed by atoms with Crippen molar-refractivity contribution >= 4 is 33.1 Å². The zero-order chi connectivity index (χ0) is 42.0. The van der Waals surface area contributed by atoms with E-state index in [1.54, 1.807) is 0 Å². The molecule has 3 aliphatic carbocycles. The Kier molecular flexibility index (Phi) is 10.6. The van der Waals surface area contributed by atoms with Gasteiger partial charge in [0.25, 0.3) is 0 Å². The van der Waals surface area contributed by atoms with Gasteiger partial charge in [-0.1, -0.05) is 199 Å². The molecule has 0 saturated carbocycles. The zero-order valence-electron chi connectivity index (χ0n) is 35.6. The first-order chi connectivity index (χ1) is 30.5. The summed E-state index contributed by atoms with van der Waals surface area (Å²) in [6, 6.07) is 60.4. The van der Waals surface area contributed by atoms with E-state index in [4.69, 9.17) is 0 Å². The zero-order valence-corrected chi connectivity index (χ0v) is 36.4. The molecule has 3 aliphatic rings. The molecule has 0 N–H and O–H groups in total. The average molecular weight is 813 g/mol. The molecule has 1 aromatic heterocycles. The van der Waals surface area contributed by atoms with Crippen LogP contribution in [0.25, 0.3) is 55.1 Å². The first kappa shape index (κ1) is 39.2. The lowest BCUT2D eigenvalue weighted by Gasteiger charge is -2.30. The van der Waals surface area contributed by atoms with Crippen LogP contribution in [0.5, 0.6) is 0 Å². The van der Waals surface area contributed by atoms with E-state index in [-0.39, 0.29) is 5.41 Å². The minimum absolute atomic E-state index is 0.374. The summed E-state index contributed by atoms with van der Waals surface area (Å²) in [5.41, 5.74) is 20.9. The Hall–Kier alpha value is -6.98. The Labute approximate surface area is 371 Å². The van der Waals surface area contributed by atoms with Crippen LogP contribution in [0.1, 0.15) is 69.2 Å². The molecular formula is C61H48S. The maximum absolute atomic E-state index is 3.19. The summed E-state index contributed by atoms with van der Waals surface area (Å²) in [6.07, 6.45) is 16.0. The predicted molar refractivity (Wildman–Crippen MR) is 267 cm³/mol. The van der Waals surface area contributed by atoms with E-state index in [9.17, 15) is 0 Å². The van der Waals surface area contributed by atoms with Crippen LogP contribution >= 0.6 is 11.3 Å². The number of allylic oxidation sites excluding steroid dienone is 7. The summed E-state index contributed by atoms with van der Waals surface area (Å²) in [4.78, 5) is 1.44. The Morgan fingerprint density at radius 2 is 1.27 bits per heavy atom. The molecule has 0 fully saturated rings. The molecule has 0 bridgehead atoms. The van der Waals surface area contributed by atoms with Crippen molar-refractivity contribution < 1.29 is 0 Å². The van der Waals surface area contributed by atoms with Crippen LogP contribution in [0.4, 0.5) is 0 Å². The van der Waals surface area contributed by atoms with Crippen molar-refractivity contribution in [2.24, 2.45) is 0 Å². The van der Waals surface area contributed by atoms with Crippen molar-refractivity contribution in [3.8, 4) is 45.2 Å². The highest BCUT2D eigenvalue weighted by molar-refractivity contribution is 7.20. The summed E-state index contributed by atoms with van der Waals surface area (Å²) in [7, 11) is 0. The predicted octanol–water partition coefficient (Wildman–Crippen LogP) is 16.2. The van der Waals surface area contributed by atoms with E-state index >= 15 is 0 Å². The van der Waals surface area contributed by atoms with Crippen molar-refractivity contribution in [1.29, 1.82) is 0 Å². The molecule has 0 saturated heterocycles. The van der Waals surface area contributed by atoms with Crippen LogP contribution in [-0.2, 0) is 11.8 Å². The number of fused-ring (bicyclic) bond motifs is 12. The van der Waals surface area contributed by atoms with Gasteiger partial charge in [-0.25, -0.2) is 0 Å². The van der Waals surface area contributed by atoms with E-state index in [1.807, 2.05) is 11.3 Å². The number of aryl methyl sites for hydroxylation is 2. The van der Waals surface area contributed by atoms with Gasteiger partial charge in [0, 0.05) is 32.5 Å². The normalized spacial score (nSPS) is 15.7. The maximum Gasteiger partial charge on any atom is 0.0819 e. The molecule has 1 heteroatoms. The van der Waals surface area contributed by atoms with Crippen molar-refractivity contribution in [3.63, 3.8) is 0 Å². The lowest BCUT2D eigenvalue weighted by atomic mass is 9.73. The quantitative estimate of drug-likeness (QED) is 0.111. The third-order valence-electron chi connectivity index (χ3n) is 12.7. The number of benzene rings is 7. The molecule has 8 aromatic rings. The van der Waals surface area contributed by atoms with Gasteiger partial charge < -0.3 is 0 Å². The average Bonchev–Trinajstić information content (AvgIpc) is 3.93. The summed E-state index contributed by atoms with van der Waals surface area (Å²) in [6.45, 7) is 6.44. The number of hydrogen-bond acceptors (Lipinski definition) is 1. The third-order valence-corrected chi connectivity index (χ3v) is 14.0. The topological polar surface area (TPSA) is 0 Å². The van der Waals surface area contributed by atoms with Gasteiger partial charge in [-0.2, -0.15) is 0 Å². The second-order valence-electron chi connectivity index (χ2n) is 16.6. The van der Waals surface area contributed by atoms with E-state index < -0.39 is 0 Å². The van der Waals surface area contributed by atoms with E-state index in [2.05, 4.69) is 233 Å². The third kappa shape index (κ3) is 7.01. The molecule has 1 atom stereocenters. The summed E-state index contributed by atoms with van der Waals surface area (Å²) in [5.74, 6) is 6.33. The van der Waals surface area contributed by atoms with Gasteiger partial charge in [0.1, 0.15) is 0 Å². The van der Waals surface area contributed by atoms with Gasteiger partial charge in [-0.05, 0) is 124 Å². The van der Waals surface area contributed by atoms with Gasteiger partial charge in [0.05, 0.1) is 5.41 Å². The second-order valence-corrected chi connectivity index (χ2v) is 17.7. The molecule has 0 amide bonds. The standard InChI is InChI=1S/C47H34S.C14H14/c1-32-22-25-35(26-23-32)36-27-29-39-43(31-36)47(46-45(39)40-19-11-13-21-44(40)48-46)41-20-12-10-18-37(41)38-28-24-34(30-42(38)47)17-7-4-2-3-6-14-33-15-8-5-9-16-33;1-11-7-3-5-9-13(11)14-10-6-4-8-12(14)2/h2-13,15-31H,14H2,1H3;3,5,7,9H,6,10H2,1-2H3/b4-2-,6-3+,17-7-;. The largest absolute Gasteiger partial charge is 0.138 e. The molecule has 1 heterocycles. The van der Waals surface area contributed by atoms with Gasteiger partial charge in [-0.3, -0.25) is 0 Å². The fraction of sp³-hybridized carbons (Fsp3) is 0.115. The van der Waals surface area contributed by atoms with Crippen molar-refractivity contribution in [2.45, 2.75) is 45.4 Å². The van der Waals surface area contributed by atoms with Crippen LogP contribution in [0.15, 0.2) is 200 Å². The van der Waals surface area contributed by atoms with Crippen LogP contribution in [0, 0.1) is 25.7 Å². The molecule has 0 nitrogen and oxygen atoms in total. The molecule has 1 spiro atoms. The number of hydrogen-bond donors (Lipinski definition) is 0. The van der Waals surface area contributed by atoms with Gasteiger partial charge in [0.2, 0.25) is 0 Å². The number of rotatable bonds is 7. The van der Waals surface area contributed by atoms with Crippen molar-refractivity contribution in [2.75, 3.05) is 0 Å². The van der Waals surface area contributed by atoms with Crippen molar-refractivity contribution in [1.82, 2.24) is 0 Å². The maximum atomic E-state index is 3.19. The SMILES string of the molecule is CC1=C(c2ccccc2C)CCC#C1.Cc1ccc(-c2ccc3c(c2)C2(c4ccccc4-c4ccc(\C=C/C=C\C=C\Cc5ccccc5)cc42)c2sc4ccccc4c2-3)cc1. The molecule has 0 aliphatic heterocycles. The minimum atomic E-state index is -0.374. The monoisotopic (exact) mass is 812 g/mol. The smallest absolute Gasteiger partial charge is 0.0819 e. The summed E-state index contributed by atoms with van der Waals surface area (Å²) >= 11 is 1.97. The second kappa shape index (κ2) is 16.8. The molecule has 0 radical (unpaired) electrons. The van der Waals surface area contributed by atoms with Gasteiger partial charge in [-0.15, -0.1) is 11.3 Å². The Bertz CT molecular complexity index is 3170. The molecule has 298 valence electrons. The Morgan fingerprint density at radius 3 is 2.11 bits per heavy atom.